The highest BCUT2D eigenvalue weighted by atomic mass is 35.5. The number of hydrogen-bond donors (Lipinski definition) is 1. The Morgan fingerprint density at radius 2 is 2.00 bits per heavy atom. The van der Waals surface area contributed by atoms with Gasteiger partial charge in [0.1, 0.15) is 24.8 Å². The number of halogens is 2. The molecule has 3 rings (SSSR count). The Kier molecular flexibility index (Phi) is 8.73. The molecule has 5 nitrogen and oxygen atoms in total. The lowest BCUT2D eigenvalue weighted by atomic mass is 10.1. The van der Waals surface area contributed by atoms with Crippen molar-refractivity contribution in [2.24, 2.45) is 0 Å². The summed E-state index contributed by atoms with van der Waals surface area (Å²) in [7, 11) is 0. The molecule has 1 fully saturated rings. The molecule has 2 aromatic rings. The van der Waals surface area contributed by atoms with Crippen molar-refractivity contribution >= 4 is 18.5 Å². The van der Waals surface area contributed by atoms with Crippen LogP contribution in [0.25, 0.3) is 0 Å². The van der Waals surface area contributed by atoms with Gasteiger partial charge in [-0.3, -0.25) is 0 Å². The third kappa shape index (κ3) is 6.08. The smallest absolute Gasteiger partial charge is 0.410 e. The predicted octanol–water partition coefficient (Wildman–Crippen LogP) is 4.46. The summed E-state index contributed by atoms with van der Waals surface area (Å²) >= 11 is 0. The molecule has 1 N–H and O–H groups in total. The van der Waals surface area contributed by atoms with Gasteiger partial charge in [-0.1, -0.05) is 31.2 Å². The number of nitrogens with one attached hydrogen (secondary N) is 1. The van der Waals surface area contributed by atoms with Crippen LogP contribution < -0.4 is 10.1 Å². The topological polar surface area (TPSA) is 50.8 Å². The van der Waals surface area contributed by atoms with Crippen molar-refractivity contribution in [3.63, 3.8) is 0 Å². The minimum atomic E-state index is -0.414. The van der Waals surface area contributed by atoms with E-state index in [9.17, 15) is 9.18 Å². The minimum absolute atomic E-state index is 0. The van der Waals surface area contributed by atoms with Crippen molar-refractivity contribution < 1.29 is 18.7 Å². The lowest BCUT2D eigenvalue weighted by molar-refractivity contribution is 0.0706. The lowest BCUT2D eigenvalue weighted by Gasteiger charge is -2.34. The molecule has 0 spiro atoms. The Labute approximate surface area is 177 Å². The van der Waals surface area contributed by atoms with Gasteiger partial charge in [0, 0.05) is 31.2 Å². The van der Waals surface area contributed by atoms with Crippen molar-refractivity contribution in [3.8, 4) is 5.75 Å². The van der Waals surface area contributed by atoms with Gasteiger partial charge in [-0.05, 0) is 42.7 Å². The van der Waals surface area contributed by atoms with Crippen molar-refractivity contribution in [3.05, 3.63) is 65.0 Å². The summed E-state index contributed by atoms with van der Waals surface area (Å²) in [5.74, 6) is 0.132. The molecule has 0 radical (unpaired) electrons. The highest BCUT2D eigenvalue weighted by Gasteiger charge is 2.26. The van der Waals surface area contributed by atoms with E-state index >= 15 is 0 Å². The van der Waals surface area contributed by atoms with E-state index in [0.717, 1.165) is 30.6 Å². The fourth-order valence-corrected chi connectivity index (χ4v) is 3.27. The number of carbonyl (C=O) groups excluding carboxylic acids is 1. The number of ether oxygens (including phenoxy) is 2. The second-order valence-corrected chi connectivity index (χ2v) is 6.98. The average molecular weight is 423 g/mol. The minimum Gasteiger partial charge on any atom is -0.489 e. The molecule has 29 heavy (non-hydrogen) atoms. The molecule has 0 aliphatic carbocycles. The van der Waals surface area contributed by atoms with Crippen molar-refractivity contribution in [1.29, 1.82) is 0 Å². The number of hydrogen-bond acceptors (Lipinski definition) is 4. The monoisotopic (exact) mass is 422 g/mol. The van der Waals surface area contributed by atoms with Gasteiger partial charge < -0.3 is 19.7 Å². The second kappa shape index (κ2) is 11.0. The first kappa shape index (κ1) is 23.0. The zero-order valence-electron chi connectivity index (χ0n) is 16.8. The Balaban J connectivity index is 0.00000300. The third-order valence-corrected chi connectivity index (χ3v) is 5.08. The fourth-order valence-electron chi connectivity index (χ4n) is 3.27. The first-order valence-corrected chi connectivity index (χ1v) is 9.68. The molecular formula is C22H28ClFN2O3. The van der Waals surface area contributed by atoms with Gasteiger partial charge in [-0.2, -0.15) is 0 Å². The maximum absolute atomic E-state index is 14.2. The number of nitrogens with zero attached hydrogens (tertiary/aromatic N) is 1. The Morgan fingerprint density at radius 1 is 1.21 bits per heavy atom. The van der Waals surface area contributed by atoms with Crippen molar-refractivity contribution in [2.45, 2.75) is 39.5 Å². The maximum Gasteiger partial charge on any atom is 0.410 e. The van der Waals surface area contributed by atoms with E-state index in [1.54, 1.807) is 17.0 Å². The average Bonchev–Trinajstić information content (AvgIpc) is 2.73. The van der Waals surface area contributed by atoms with Crippen LogP contribution in [0.1, 0.15) is 30.0 Å². The molecule has 2 aromatic carbocycles. The third-order valence-electron chi connectivity index (χ3n) is 5.08. The summed E-state index contributed by atoms with van der Waals surface area (Å²) in [6.07, 6.45) is 0.442. The summed E-state index contributed by atoms with van der Waals surface area (Å²) in [6, 6.07) is 12.6. The van der Waals surface area contributed by atoms with Crippen LogP contribution >= 0.6 is 12.4 Å². The van der Waals surface area contributed by atoms with Crippen LogP contribution in [0.15, 0.2) is 42.5 Å². The molecule has 0 aromatic heterocycles. The van der Waals surface area contributed by atoms with Gasteiger partial charge in [0.2, 0.25) is 0 Å². The van der Waals surface area contributed by atoms with E-state index < -0.39 is 11.9 Å². The van der Waals surface area contributed by atoms with Crippen LogP contribution in [0.3, 0.4) is 0 Å². The first-order chi connectivity index (χ1) is 13.6. The van der Waals surface area contributed by atoms with Crippen LogP contribution in [0.2, 0.25) is 0 Å². The zero-order chi connectivity index (χ0) is 19.9. The molecule has 158 valence electrons. The first-order valence-electron chi connectivity index (χ1n) is 9.68. The summed E-state index contributed by atoms with van der Waals surface area (Å²) in [6.45, 7) is 6.42. The van der Waals surface area contributed by atoms with Crippen molar-refractivity contribution in [1.82, 2.24) is 10.2 Å². The number of piperazine rings is 1. The Bertz CT molecular complexity index is 818. The molecule has 1 saturated heterocycles. The highest BCUT2D eigenvalue weighted by molar-refractivity contribution is 5.85. The Morgan fingerprint density at radius 3 is 2.76 bits per heavy atom. The molecule has 1 aliphatic rings. The predicted molar refractivity (Wildman–Crippen MR) is 113 cm³/mol. The van der Waals surface area contributed by atoms with Crippen LogP contribution in [-0.2, 0) is 18.0 Å². The molecule has 1 atom stereocenters. The summed E-state index contributed by atoms with van der Waals surface area (Å²) < 4.78 is 25.3. The van der Waals surface area contributed by atoms with Gasteiger partial charge in [-0.15, -0.1) is 12.4 Å². The van der Waals surface area contributed by atoms with Gasteiger partial charge in [-0.25, -0.2) is 9.18 Å². The van der Waals surface area contributed by atoms with Gasteiger partial charge in [0.15, 0.2) is 0 Å². The summed E-state index contributed by atoms with van der Waals surface area (Å²) in [4.78, 5) is 14.1. The fraction of sp³-hybridized carbons (Fsp3) is 0.409. The lowest BCUT2D eigenvalue weighted by Crippen LogP contribution is -2.53. The number of rotatable bonds is 6. The second-order valence-electron chi connectivity index (χ2n) is 6.98. The van der Waals surface area contributed by atoms with Gasteiger partial charge in [0.05, 0.1) is 0 Å². The quantitative estimate of drug-likeness (QED) is 0.746. The van der Waals surface area contributed by atoms with Crippen LogP contribution in [0, 0.1) is 12.7 Å². The van der Waals surface area contributed by atoms with Gasteiger partial charge >= 0.3 is 6.09 Å². The molecule has 1 unspecified atom stereocenters. The number of carbonyl (C=O) groups is 1. The maximum atomic E-state index is 14.2. The molecule has 7 heteroatoms. The number of aryl methyl sites for hydroxylation is 1. The molecule has 0 bridgehead atoms. The molecule has 1 heterocycles. The summed E-state index contributed by atoms with van der Waals surface area (Å²) in [5.41, 5.74) is 2.52. The van der Waals surface area contributed by atoms with E-state index in [1.807, 2.05) is 38.1 Å². The standard InChI is InChI=1S/C22H27FN2O3.ClH/c1-3-19-13-24-10-11-25(19)22(26)28-15-18-12-20(8-9-21(18)23)27-14-17-7-5-4-6-16(17)2;/h4-9,12,19,24H,3,10-11,13-15H2,1-2H3;1H. The molecular weight excluding hydrogens is 395 g/mol. The van der Waals surface area contributed by atoms with Crippen molar-refractivity contribution in [2.75, 3.05) is 19.6 Å². The SMILES string of the molecule is CCC1CNCCN1C(=O)OCc1cc(OCc2ccccc2C)ccc1F.Cl. The molecule has 1 amide bonds. The molecule has 0 saturated carbocycles. The van der Waals surface area contributed by atoms with E-state index in [4.69, 9.17) is 9.47 Å². The van der Waals surface area contributed by atoms with Gasteiger partial charge in [0.25, 0.3) is 0 Å². The number of benzene rings is 2. The Hall–Kier alpha value is -2.31. The van der Waals surface area contributed by atoms with Crippen LogP contribution in [-0.4, -0.2) is 36.7 Å². The normalized spacial score (nSPS) is 16.1. The highest BCUT2D eigenvalue weighted by Crippen LogP contribution is 2.20. The van der Waals surface area contributed by atoms with E-state index in [0.29, 0.717) is 24.5 Å². The number of amides is 1. The van der Waals surface area contributed by atoms with Crippen LogP contribution in [0.4, 0.5) is 9.18 Å². The van der Waals surface area contributed by atoms with E-state index in [1.165, 1.54) is 6.07 Å². The van der Waals surface area contributed by atoms with E-state index in [2.05, 4.69) is 5.32 Å². The van der Waals surface area contributed by atoms with E-state index in [-0.39, 0.29) is 25.1 Å². The summed E-state index contributed by atoms with van der Waals surface area (Å²) in [5, 5.41) is 3.27. The zero-order valence-corrected chi connectivity index (χ0v) is 17.6. The largest absolute Gasteiger partial charge is 0.489 e. The van der Waals surface area contributed by atoms with Crippen LogP contribution in [0.5, 0.6) is 5.75 Å². The molecule has 1 aliphatic heterocycles.